The first-order valence-corrected chi connectivity index (χ1v) is 6.62. The molecule has 0 saturated carbocycles. The normalized spacial score (nSPS) is 30.9. The maximum absolute atomic E-state index is 12.4. The van der Waals surface area contributed by atoms with Crippen molar-refractivity contribution in [3.63, 3.8) is 0 Å². The Balaban J connectivity index is 1.94. The molecule has 106 valence electrons. The van der Waals surface area contributed by atoms with Crippen LogP contribution < -0.4 is 5.32 Å². The summed E-state index contributed by atoms with van der Waals surface area (Å²) >= 11 is 0. The van der Waals surface area contributed by atoms with Crippen LogP contribution in [0.5, 0.6) is 0 Å². The topological polar surface area (TPSA) is 89.9 Å². The number of hydrogen-bond acceptors (Lipinski definition) is 4. The van der Waals surface area contributed by atoms with Gasteiger partial charge >= 0.3 is 0 Å². The van der Waals surface area contributed by atoms with Gasteiger partial charge in [0.25, 0.3) is 5.91 Å². The van der Waals surface area contributed by atoms with Crippen molar-refractivity contribution in [2.45, 2.75) is 30.7 Å². The summed E-state index contributed by atoms with van der Waals surface area (Å²) in [6, 6.07) is 7.81. The molecule has 0 radical (unpaired) electrons. The molecule has 2 aliphatic heterocycles. The average molecular weight is 276 g/mol. The van der Waals surface area contributed by atoms with E-state index in [1.165, 1.54) is 4.90 Å². The van der Waals surface area contributed by atoms with Gasteiger partial charge in [-0.3, -0.25) is 9.59 Å². The number of carbonyl (C=O) groups excluding carboxylic acids is 2. The number of aliphatic hydroxyl groups is 2. The molecule has 2 saturated heterocycles. The molecule has 0 bridgehead atoms. The molecular weight excluding hydrogens is 260 g/mol. The van der Waals surface area contributed by atoms with Gasteiger partial charge in [0.2, 0.25) is 11.6 Å². The first-order chi connectivity index (χ1) is 9.54. The highest BCUT2D eigenvalue weighted by atomic mass is 16.4. The van der Waals surface area contributed by atoms with Gasteiger partial charge in [-0.2, -0.15) is 0 Å². The summed E-state index contributed by atoms with van der Waals surface area (Å²) in [7, 11) is 0. The van der Waals surface area contributed by atoms with E-state index < -0.39 is 29.7 Å². The Kier molecular flexibility index (Phi) is 2.99. The van der Waals surface area contributed by atoms with Gasteiger partial charge in [0.15, 0.2) is 0 Å². The maximum atomic E-state index is 12.4. The first-order valence-electron chi connectivity index (χ1n) is 6.62. The van der Waals surface area contributed by atoms with Crippen LogP contribution in [0, 0.1) is 0 Å². The number of hydrogen-bond donors (Lipinski definition) is 3. The number of nitrogens with one attached hydrogen (secondary N) is 1. The molecule has 1 unspecified atom stereocenters. The third-order valence-corrected chi connectivity index (χ3v) is 3.97. The molecule has 2 heterocycles. The van der Waals surface area contributed by atoms with E-state index in [-0.39, 0.29) is 0 Å². The van der Waals surface area contributed by atoms with E-state index in [1.54, 1.807) is 30.3 Å². The molecule has 3 rings (SSSR count). The van der Waals surface area contributed by atoms with E-state index in [4.69, 9.17) is 0 Å². The van der Waals surface area contributed by atoms with Crippen LogP contribution in [0.4, 0.5) is 0 Å². The van der Waals surface area contributed by atoms with Crippen molar-refractivity contribution >= 4 is 11.8 Å². The van der Waals surface area contributed by atoms with Gasteiger partial charge in [0.1, 0.15) is 12.1 Å². The molecule has 3 N–H and O–H groups in total. The fraction of sp³-hybridized carbons (Fsp3) is 0.429. The fourth-order valence-corrected chi connectivity index (χ4v) is 2.89. The minimum atomic E-state index is -2.29. The predicted octanol–water partition coefficient (Wildman–Crippen LogP) is -0.471. The predicted molar refractivity (Wildman–Crippen MR) is 69.2 cm³/mol. The monoisotopic (exact) mass is 276 g/mol. The van der Waals surface area contributed by atoms with Crippen molar-refractivity contribution < 1.29 is 19.8 Å². The fourth-order valence-electron chi connectivity index (χ4n) is 2.89. The minimum Gasteiger partial charge on any atom is -0.383 e. The number of fused-ring (bicyclic) bond motifs is 1. The summed E-state index contributed by atoms with van der Waals surface area (Å²) in [5.74, 6) is -1.06. The van der Waals surface area contributed by atoms with Crippen LogP contribution in [0.15, 0.2) is 30.3 Å². The van der Waals surface area contributed by atoms with E-state index >= 15 is 0 Å². The van der Waals surface area contributed by atoms with Gasteiger partial charge in [0.05, 0.1) is 0 Å². The third kappa shape index (κ3) is 1.80. The summed E-state index contributed by atoms with van der Waals surface area (Å²) in [6.07, 6.45) is -0.183. The number of benzene rings is 1. The van der Waals surface area contributed by atoms with Crippen molar-refractivity contribution in [3.8, 4) is 0 Å². The second-order valence-corrected chi connectivity index (χ2v) is 5.23. The zero-order valence-corrected chi connectivity index (χ0v) is 10.8. The average Bonchev–Trinajstić information content (AvgIpc) is 2.95. The van der Waals surface area contributed by atoms with Crippen LogP contribution >= 0.6 is 0 Å². The van der Waals surface area contributed by atoms with Crippen LogP contribution in [0.25, 0.3) is 0 Å². The van der Waals surface area contributed by atoms with Gasteiger partial charge in [0, 0.05) is 6.54 Å². The van der Waals surface area contributed by atoms with Crippen molar-refractivity contribution in [2.24, 2.45) is 0 Å². The SMILES string of the molecule is O=C1NC(O)([C@@H](O)c2ccccc2)C(=O)N2CCC[C@@H]12. The summed E-state index contributed by atoms with van der Waals surface area (Å²) in [5, 5.41) is 23.1. The maximum Gasteiger partial charge on any atom is 0.279 e. The zero-order valence-electron chi connectivity index (χ0n) is 10.8. The number of carbonyl (C=O) groups is 2. The van der Waals surface area contributed by atoms with Gasteiger partial charge in [-0.1, -0.05) is 30.3 Å². The number of rotatable bonds is 2. The van der Waals surface area contributed by atoms with Crippen LogP contribution in [0.3, 0.4) is 0 Å². The number of aliphatic hydroxyl groups excluding tert-OH is 1. The largest absolute Gasteiger partial charge is 0.383 e. The molecule has 2 fully saturated rings. The van der Waals surface area contributed by atoms with E-state index in [1.807, 2.05) is 0 Å². The Morgan fingerprint density at radius 1 is 1.30 bits per heavy atom. The summed E-state index contributed by atoms with van der Waals surface area (Å²) in [6.45, 7) is 0.431. The van der Waals surface area contributed by atoms with Crippen molar-refractivity contribution in [1.29, 1.82) is 0 Å². The summed E-state index contributed by atoms with van der Waals surface area (Å²) in [4.78, 5) is 25.7. The van der Waals surface area contributed by atoms with E-state index in [0.29, 0.717) is 18.5 Å². The summed E-state index contributed by atoms with van der Waals surface area (Å²) < 4.78 is 0. The molecule has 1 aromatic carbocycles. The molecule has 1 aromatic rings. The Labute approximate surface area is 116 Å². The van der Waals surface area contributed by atoms with Crippen LogP contribution in [0.1, 0.15) is 24.5 Å². The molecule has 20 heavy (non-hydrogen) atoms. The smallest absolute Gasteiger partial charge is 0.279 e. The molecule has 6 nitrogen and oxygen atoms in total. The lowest BCUT2D eigenvalue weighted by Gasteiger charge is -2.42. The highest BCUT2D eigenvalue weighted by Crippen LogP contribution is 2.32. The van der Waals surface area contributed by atoms with Crippen LogP contribution in [-0.2, 0) is 9.59 Å². The first kappa shape index (κ1) is 13.1. The molecule has 2 aliphatic rings. The van der Waals surface area contributed by atoms with E-state index in [2.05, 4.69) is 5.32 Å². The lowest BCUT2D eigenvalue weighted by Crippen LogP contribution is -2.71. The third-order valence-electron chi connectivity index (χ3n) is 3.97. The lowest BCUT2D eigenvalue weighted by atomic mass is 9.94. The van der Waals surface area contributed by atoms with Crippen molar-refractivity contribution in [2.75, 3.05) is 6.54 Å². The molecule has 3 atom stereocenters. The Morgan fingerprint density at radius 2 is 2.00 bits per heavy atom. The molecule has 0 spiro atoms. The Morgan fingerprint density at radius 3 is 2.70 bits per heavy atom. The van der Waals surface area contributed by atoms with Gasteiger partial charge in [-0.25, -0.2) is 0 Å². The van der Waals surface area contributed by atoms with Crippen molar-refractivity contribution in [1.82, 2.24) is 10.2 Å². The lowest BCUT2D eigenvalue weighted by molar-refractivity contribution is -0.185. The standard InChI is InChI=1S/C14H16N2O4/c17-11(9-5-2-1-3-6-9)14(20)13(19)16-8-4-7-10(16)12(18)15-14/h1-3,5-6,10-11,17,20H,4,7-8H2,(H,15,18)/t10-,11-,14?/m0/s1. The number of nitrogens with zero attached hydrogens (tertiary/aromatic N) is 1. The Bertz CT molecular complexity index is 547. The number of piperazine rings is 1. The second-order valence-electron chi connectivity index (χ2n) is 5.23. The van der Waals surface area contributed by atoms with Crippen LogP contribution in [0.2, 0.25) is 0 Å². The molecular formula is C14H16N2O4. The van der Waals surface area contributed by atoms with E-state index in [0.717, 1.165) is 6.42 Å². The number of amides is 2. The van der Waals surface area contributed by atoms with Gasteiger partial charge in [-0.15, -0.1) is 0 Å². The highest BCUT2D eigenvalue weighted by molar-refractivity contribution is 5.99. The minimum absolute atomic E-state index is 0.376. The van der Waals surface area contributed by atoms with Gasteiger partial charge < -0.3 is 20.4 Å². The van der Waals surface area contributed by atoms with E-state index in [9.17, 15) is 19.8 Å². The van der Waals surface area contributed by atoms with Gasteiger partial charge in [-0.05, 0) is 18.4 Å². The highest BCUT2D eigenvalue weighted by Gasteiger charge is 2.55. The van der Waals surface area contributed by atoms with Crippen molar-refractivity contribution in [3.05, 3.63) is 35.9 Å². The molecule has 6 heteroatoms. The zero-order chi connectivity index (χ0) is 14.3. The molecule has 2 amide bonds. The van der Waals surface area contributed by atoms with Crippen LogP contribution in [-0.4, -0.2) is 45.2 Å². The molecule has 0 aliphatic carbocycles. The Hall–Kier alpha value is -1.92. The quantitative estimate of drug-likeness (QED) is 0.681. The summed E-state index contributed by atoms with van der Waals surface area (Å²) in [5.41, 5.74) is -1.92. The molecule has 0 aromatic heterocycles. The second kappa shape index (κ2) is 4.57.